The minimum atomic E-state index is -0.0181. The highest BCUT2D eigenvalue weighted by molar-refractivity contribution is 14.0. The van der Waals surface area contributed by atoms with Crippen LogP contribution in [-0.2, 0) is 22.4 Å². The number of hydrogen-bond acceptors (Lipinski definition) is 4. The number of aliphatic imine (C=N–C) groups is 1. The molecule has 1 unspecified atom stereocenters. The molecule has 178 valence electrons. The van der Waals surface area contributed by atoms with E-state index >= 15 is 0 Å². The Balaban J connectivity index is 0.00000363. The van der Waals surface area contributed by atoms with Crippen LogP contribution in [0.25, 0.3) is 0 Å². The van der Waals surface area contributed by atoms with Gasteiger partial charge in [0.05, 0.1) is 6.54 Å². The molecule has 3 N–H and O–H groups in total. The Bertz CT molecular complexity index is 792. The van der Waals surface area contributed by atoms with E-state index < -0.39 is 0 Å². The van der Waals surface area contributed by atoms with Gasteiger partial charge in [-0.1, -0.05) is 24.3 Å². The molecular formula is C23H37IN6O2. The summed E-state index contributed by atoms with van der Waals surface area (Å²) in [5.41, 5.74) is 2.82. The molecule has 0 spiro atoms. The molecule has 8 nitrogen and oxygen atoms in total. The molecule has 1 heterocycles. The van der Waals surface area contributed by atoms with Crippen molar-refractivity contribution in [1.82, 2.24) is 25.8 Å². The van der Waals surface area contributed by atoms with Crippen molar-refractivity contribution in [1.29, 1.82) is 0 Å². The monoisotopic (exact) mass is 556 g/mol. The summed E-state index contributed by atoms with van der Waals surface area (Å²) in [5.74, 6) is 0.745. The maximum atomic E-state index is 12.1. The molecule has 0 radical (unpaired) electrons. The van der Waals surface area contributed by atoms with Gasteiger partial charge in [-0.05, 0) is 43.2 Å². The zero-order valence-electron chi connectivity index (χ0n) is 19.4. The number of aryl methyl sites for hydroxylation is 1. The summed E-state index contributed by atoms with van der Waals surface area (Å²) < 4.78 is 0. The summed E-state index contributed by atoms with van der Waals surface area (Å²) in [6.45, 7) is 2.31. The molecule has 32 heavy (non-hydrogen) atoms. The lowest BCUT2D eigenvalue weighted by atomic mass is 9.88. The third kappa shape index (κ3) is 7.91. The Morgan fingerprint density at radius 3 is 2.38 bits per heavy atom. The van der Waals surface area contributed by atoms with Gasteiger partial charge in [0, 0.05) is 46.3 Å². The van der Waals surface area contributed by atoms with E-state index in [2.05, 4.69) is 50.1 Å². The fourth-order valence-corrected chi connectivity index (χ4v) is 4.15. The predicted octanol–water partition coefficient (Wildman–Crippen LogP) is 0.996. The highest BCUT2D eigenvalue weighted by Crippen LogP contribution is 2.21. The van der Waals surface area contributed by atoms with Gasteiger partial charge in [0.2, 0.25) is 11.8 Å². The third-order valence-corrected chi connectivity index (χ3v) is 6.13. The average molecular weight is 556 g/mol. The van der Waals surface area contributed by atoms with Crippen molar-refractivity contribution in [3.8, 4) is 0 Å². The van der Waals surface area contributed by atoms with Crippen LogP contribution in [0.4, 0.5) is 0 Å². The highest BCUT2D eigenvalue weighted by atomic mass is 127. The zero-order valence-corrected chi connectivity index (χ0v) is 21.7. The molecule has 9 heteroatoms. The maximum absolute atomic E-state index is 12.1. The topological polar surface area (TPSA) is 89.1 Å². The van der Waals surface area contributed by atoms with E-state index in [9.17, 15) is 9.59 Å². The van der Waals surface area contributed by atoms with E-state index in [1.165, 1.54) is 11.1 Å². The van der Waals surface area contributed by atoms with Gasteiger partial charge in [0.1, 0.15) is 6.54 Å². The van der Waals surface area contributed by atoms with Crippen molar-refractivity contribution < 1.29 is 9.59 Å². The molecule has 1 aromatic rings. The summed E-state index contributed by atoms with van der Waals surface area (Å²) in [4.78, 5) is 32.0. The first-order valence-electron chi connectivity index (χ1n) is 11.2. The van der Waals surface area contributed by atoms with Crippen LogP contribution >= 0.6 is 24.0 Å². The van der Waals surface area contributed by atoms with E-state index in [4.69, 9.17) is 0 Å². The fraction of sp³-hybridized carbons (Fsp3) is 0.609. The summed E-state index contributed by atoms with van der Waals surface area (Å²) in [7, 11) is 5.17. The summed E-state index contributed by atoms with van der Waals surface area (Å²) >= 11 is 0. The van der Waals surface area contributed by atoms with E-state index in [1.54, 1.807) is 26.0 Å². The van der Waals surface area contributed by atoms with Gasteiger partial charge in [-0.15, -0.1) is 24.0 Å². The lowest BCUT2D eigenvalue weighted by Crippen LogP contribution is -2.52. The van der Waals surface area contributed by atoms with Gasteiger partial charge in [-0.3, -0.25) is 14.5 Å². The molecule has 1 saturated heterocycles. The Morgan fingerprint density at radius 1 is 1.06 bits per heavy atom. The van der Waals surface area contributed by atoms with Gasteiger partial charge in [0.15, 0.2) is 5.96 Å². The van der Waals surface area contributed by atoms with Crippen molar-refractivity contribution in [3.05, 3.63) is 35.4 Å². The summed E-state index contributed by atoms with van der Waals surface area (Å²) in [6.07, 6.45) is 4.93. The van der Waals surface area contributed by atoms with E-state index in [-0.39, 0.29) is 48.4 Å². The van der Waals surface area contributed by atoms with Crippen molar-refractivity contribution in [2.45, 2.75) is 44.2 Å². The van der Waals surface area contributed by atoms with Crippen molar-refractivity contribution in [3.63, 3.8) is 0 Å². The van der Waals surface area contributed by atoms with E-state index in [1.807, 2.05) is 0 Å². The molecule has 0 saturated carbocycles. The lowest BCUT2D eigenvalue weighted by molar-refractivity contribution is -0.127. The van der Waals surface area contributed by atoms with Crippen LogP contribution in [-0.4, -0.2) is 87.0 Å². The standard InChI is InChI=1S/C23H36N6O2.HI/c1-24-21(30)16-29-12-10-19(11-13-29)26-23(25-15-22(31)28(2)3)27-20-9-8-17-6-4-5-7-18(17)14-20;/h4-7,19-20H,8-16H2,1-3H3,(H,24,30)(H2,25,26,27);1H. The minimum absolute atomic E-state index is 0. The largest absolute Gasteiger partial charge is 0.358 e. The highest BCUT2D eigenvalue weighted by Gasteiger charge is 2.24. The zero-order chi connectivity index (χ0) is 22.2. The van der Waals surface area contributed by atoms with Crippen LogP contribution in [0.1, 0.15) is 30.4 Å². The Labute approximate surface area is 208 Å². The number of carbonyl (C=O) groups excluding carboxylic acids is 2. The number of halogens is 1. The normalized spacial score (nSPS) is 19.3. The number of amides is 2. The number of rotatable bonds is 6. The van der Waals surface area contributed by atoms with Crippen molar-refractivity contribution >= 4 is 41.8 Å². The van der Waals surface area contributed by atoms with Crippen molar-refractivity contribution in [2.24, 2.45) is 4.99 Å². The summed E-state index contributed by atoms with van der Waals surface area (Å²) in [5, 5.41) is 9.82. The fourth-order valence-electron chi connectivity index (χ4n) is 4.15. The predicted molar refractivity (Wildman–Crippen MR) is 138 cm³/mol. The molecule has 2 amide bonds. The average Bonchev–Trinajstić information content (AvgIpc) is 2.78. The quantitative estimate of drug-likeness (QED) is 0.277. The SMILES string of the molecule is CNC(=O)CN1CCC(NC(=NCC(=O)N(C)C)NC2CCc3ccccc3C2)CC1.I. The number of benzene rings is 1. The lowest BCUT2D eigenvalue weighted by Gasteiger charge is -2.34. The molecule has 1 aromatic carbocycles. The van der Waals surface area contributed by atoms with Crippen molar-refractivity contribution in [2.75, 3.05) is 47.3 Å². The van der Waals surface area contributed by atoms with Crippen LogP contribution in [0.15, 0.2) is 29.3 Å². The molecule has 1 aliphatic heterocycles. The van der Waals surface area contributed by atoms with Crippen LogP contribution in [0.3, 0.4) is 0 Å². The Kier molecular flexibility index (Phi) is 10.7. The number of likely N-dealkylation sites (N-methyl/N-ethyl adjacent to an activating group) is 2. The molecule has 0 bridgehead atoms. The number of nitrogens with one attached hydrogen (secondary N) is 3. The molecule has 0 aromatic heterocycles. The first-order valence-corrected chi connectivity index (χ1v) is 11.2. The maximum Gasteiger partial charge on any atom is 0.243 e. The second-order valence-corrected chi connectivity index (χ2v) is 8.67. The van der Waals surface area contributed by atoms with Crippen LogP contribution in [0.5, 0.6) is 0 Å². The number of hydrogen-bond donors (Lipinski definition) is 3. The van der Waals surface area contributed by atoms with Crippen LogP contribution in [0.2, 0.25) is 0 Å². The number of guanidine groups is 1. The van der Waals surface area contributed by atoms with E-state index in [0.29, 0.717) is 18.5 Å². The molecule has 1 fully saturated rings. The Hall–Kier alpha value is -1.88. The number of nitrogens with zero attached hydrogens (tertiary/aromatic N) is 3. The Morgan fingerprint density at radius 2 is 1.72 bits per heavy atom. The first-order chi connectivity index (χ1) is 14.9. The smallest absolute Gasteiger partial charge is 0.243 e. The molecule has 1 atom stereocenters. The molecular weight excluding hydrogens is 519 g/mol. The van der Waals surface area contributed by atoms with Gasteiger partial charge in [-0.25, -0.2) is 4.99 Å². The van der Waals surface area contributed by atoms with Gasteiger partial charge in [0.25, 0.3) is 0 Å². The summed E-state index contributed by atoms with van der Waals surface area (Å²) in [6, 6.07) is 9.18. The molecule has 1 aliphatic carbocycles. The van der Waals surface area contributed by atoms with Gasteiger partial charge in [-0.2, -0.15) is 0 Å². The number of carbonyl (C=O) groups is 2. The minimum Gasteiger partial charge on any atom is -0.358 e. The number of fused-ring (bicyclic) bond motifs is 1. The van der Waals surface area contributed by atoms with Crippen LogP contribution < -0.4 is 16.0 Å². The molecule has 3 rings (SSSR count). The van der Waals surface area contributed by atoms with Gasteiger partial charge >= 0.3 is 0 Å². The second-order valence-electron chi connectivity index (χ2n) is 8.67. The second kappa shape index (κ2) is 13.0. The number of likely N-dealkylation sites (tertiary alicyclic amines) is 1. The molecule has 2 aliphatic rings. The van der Waals surface area contributed by atoms with Crippen LogP contribution in [0, 0.1) is 0 Å². The third-order valence-electron chi connectivity index (χ3n) is 6.13. The van der Waals surface area contributed by atoms with E-state index in [0.717, 1.165) is 45.2 Å². The number of piperidine rings is 1. The van der Waals surface area contributed by atoms with Gasteiger partial charge < -0.3 is 20.9 Å². The first kappa shape index (κ1) is 26.4.